The smallest absolute Gasteiger partial charge is 0.243 e. The van der Waals surface area contributed by atoms with E-state index in [9.17, 15) is 16.8 Å². The van der Waals surface area contributed by atoms with Crippen LogP contribution < -0.4 is 4.72 Å². The van der Waals surface area contributed by atoms with E-state index in [1.807, 2.05) is 36.5 Å². The quantitative estimate of drug-likeness (QED) is 0.675. The third-order valence-corrected chi connectivity index (χ3v) is 9.12. The van der Waals surface area contributed by atoms with Gasteiger partial charge in [-0.1, -0.05) is 6.07 Å². The van der Waals surface area contributed by atoms with Crippen LogP contribution in [0.3, 0.4) is 0 Å². The molecule has 1 unspecified atom stereocenters. The zero-order valence-electron chi connectivity index (χ0n) is 15.9. The Kier molecular flexibility index (Phi) is 6.58. The molecule has 0 aliphatic carbocycles. The molecule has 1 aliphatic rings. The molecule has 1 saturated heterocycles. The molecule has 3 rings (SSSR count). The molecule has 1 aromatic carbocycles. The number of benzene rings is 1. The topological polar surface area (TPSA) is 86.8 Å². The summed E-state index contributed by atoms with van der Waals surface area (Å²) in [6, 6.07) is 9.26. The van der Waals surface area contributed by atoms with Crippen molar-refractivity contribution < 1.29 is 16.8 Å². The first-order valence-corrected chi connectivity index (χ1v) is 12.8. The van der Waals surface area contributed by atoms with Crippen LogP contribution in [0, 0.1) is 0 Å². The molecule has 2 heterocycles. The first kappa shape index (κ1) is 21.4. The molecule has 1 N–H and O–H groups in total. The van der Waals surface area contributed by atoms with Crippen LogP contribution in [0.25, 0.3) is 0 Å². The van der Waals surface area contributed by atoms with E-state index >= 15 is 0 Å². The molecule has 0 saturated carbocycles. The standard InChI is InChI=1S/C18H25N3O4S3/c1-20(2)17(18-6-5-13-26-18)14-19-27(22,23)15-7-9-16(10-8-15)28(24,25)21-11-3-4-12-21/h5-10,13,17,19H,3-4,11-12,14H2,1-2H3. The summed E-state index contributed by atoms with van der Waals surface area (Å²) in [7, 11) is -3.50. The molecule has 10 heteroatoms. The van der Waals surface area contributed by atoms with Crippen molar-refractivity contribution in [3.8, 4) is 0 Å². The Bertz CT molecular complexity index is 979. The second-order valence-electron chi connectivity index (χ2n) is 6.93. The zero-order chi connectivity index (χ0) is 20.4. The van der Waals surface area contributed by atoms with Crippen molar-refractivity contribution in [3.63, 3.8) is 0 Å². The van der Waals surface area contributed by atoms with Gasteiger partial charge < -0.3 is 4.90 Å². The third kappa shape index (κ3) is 4.64. The van der Waals surface area contributed by atoms with Gasteiger partial charge in [0, 0.05) is 24.5 Å². The second-order valence-corrected chi connectivity index (χ2v) is 11.6. The summed E-state index contributed by atoms with van der Waals surface area (Å²) in [6.07, 6.45) is 1.71. The fourth-order valence-electron chi connectivity index (χ4n) is 3.16. The second kappa shape index (κ2) is 8.60. The largest absolute Gasteiger partial charge is 0.300 e. The predicted octanol–water partition coefficient (Wildman–Crippen LogP) is 2.11. The number of rotatable bonds is 8. The maximum atomic E-state index is 12.7. The highest BCUT2D eigenvalue weighted by Gasteiger charge is 2.27. The van der Waals surface area contributed by atoms with E-state index in [0.717, 1.165) is 17.7 Å². The van der Waals surface area contributed by atoms with Crippen LogP contribution in [-0.4, -0.2) is 59.8 Å². The van der Waals surface area contributed by atoms with Gasteiger partial charge in [0.25, 0.3) is 0 Å². The van der Waals surface area contributed by atoms with Crippen molar-refractivity contribution >= 4 is 31.4 Å². The Morgan fingerprint density at radius 1 is 1.04 bits per heavy atom. The predicted molar refractivity (Wildman–Crippen MR) is 110 cm³/mol. The van der Waals surface area contributed by atoms with Crippen molar-refractivity contribution in [2.45, 2.75) is 28.7 Å². The Morgan fingerprint density at radius 2 is 1.64 bits per heavy atom. The summed E-state index contributed by atoms with van der Waals surface area (Å²) in [5.41, 5.74) is 0. The molecule has 1 aliphatic heterocycles. The maximum Gasteiger partial charge on any atom is 0.243 e. The molecule has 1 aromatic heterocycles. The number of thiophene rings is 1. The average Bonchev–Trinajstić information content (AvgIpc) is 3.36. The molecule has 7 nitrogen and oxygen atoms in total. The van der Waals surface area contributed by atoms with Gasteiger partial charge in [-0.05, 0) is 62.6 Å². The molecule has 0 amide bonds. The number of nitrogens with zero attached hydrogens (tertiary/aromatic N) is 2. The highest BCUT2D eigenvalue weighted by molar-refractivity contribution is 7.89. The van der Waals surface area contributed by atoms with E-state index in [-0.39, 0.29) is 22.4 Å². The van der Waals surface area contributed by atoms with Crippen LogP contribution in [-0.2, 0) is 20.0 Å². The van der Waals surface area contributed by atoms with Gasteiger partial charge in [-0.25, -0.2) is 21.6 Å². The number of sulfonamides is 2. The normalized spacial score (nSPS) is 17.2. The molecule has 1 fully saturated rings. The van der Waals surface area contributed by atoms with Crippen molar-refractivity contribution in [2.75, 3.05) is 33.7 Å². The fraction of sp³-hybridized carbons (Fsp3) is 0.444. The first-order valence-electron chi connectivity index (χ1n) is 9.01. The van der Waals surface area contributed by atoms with Crippen LogP contribution in [0.5, 0.6) is 0 Å². The number of hydrogen-bond donors (Lipinski definition) is 1. The van der Waals surface area contributed by atoms with E-state index in [0.29, 0.717) is 13.1 Å². The SMILES string of the molecule is CN(C)C(CNS(=O)(=O)c1ccc(S(=O)(=O)N2CCCC2)cc1)c1cccs1. The molecule has 1 atom stereocenters. The van der Waals surface area contributed by atoms with Crippen LogP contribution >= 0.6 is 11.3 Å². The Balaban J connectivity index is 1.73. The highest BCUT2D eigenvalue weighted by Crippen LogP contribution is 2.24. The summed E-state index contributed by atoms with van der Waals surface area (Å²) in [4.78, 5) is 3.20. The van der Waals surface area contributed by atoms with Gasteiger partial charge in [-0.15, -0.1) is 11.3 Å². The monoisotopic (exact) mass is 443 g/mol. The van der Waals surface area contributed by atoms with E-state index < -0.39 is 20.0 Å². The molecule has 0 radical (unpaired) electrons. The fourth-order valence-corrected chi connectivity index (χ4v) is 6.64. The number of likely N-dealkylation sites (N-methyl/N-ethyl adjacent to an activating group) is 1. The van der Waals surface area contributed by atoms with Crippen molar-refractivity contribution in [2.24, 2.45) is 0 Å². The summed E-state index contributed by atoms with van der Waals surface area (Å²) in [5.74, 6) is 0. The Hall–Kier alpha value is -1.30. The molecule has 2 aromatic rings. The van der Waals surface area contributed by atoms with E-state index in [2.05, 4.69) is 4.72 Å². The van der Waals surface area contributed by atoms with E-state index in [1.165, 1.54) is 28.6 Å². The average molecular weight is 444 g/mol. The Labute approximate surface area is 171 Å². The molecule has 28 heavy (non-hydrogen) atoms. The van der Waals surface area contributed by atoms with Crippen LogP contribution in [0.15, 0.2) is 51.6 Å². The lowest BCUT2D eigenvalue weighted by Crippen LogP contribution is -2.34. The minimum atomic E-state index is -3.74. The van der Waals surface area contributed by atoms with Crippen molar-refractivity contribution in [3.05, 3.63) is 46.7 Å². The van der Waals surface area contributed by atoms with Gasteiger partial charge in [0.15, 0.2) is 0 Å². The lowest BCUT2D eigenvalue weighted by atomic mass is 10.2. The molecule has 0 bridgehead atoms. The van der Waals surface area contributed by atoms with Crippen molar-refractivity contribution in [1.29, 1.82) is 0 Å². The minimum Gasteiger partial charge on any atom is -0.300 e. The zero-order valence-corrected chi connectivity index (χ0v) is 18.4. The maximum absolute atomic E-state index is 12.7. The first-order chi connectivity index (χ1) is 13.2. The third-order valence-electron chi connectivity index (χ3n) is 4.80. The lowest BCUT2D eigenvalue weighted by Gasteiger charge is -2.23. The summed E-state index contributed by atoms with van der Waals surface area (Å²) in [6.45, 7) is 1.25. The minimum absolute atomic E-state index is 0.0524. The van der Waals surface area contributed by atoms with E-state index in [4.69, 9.17) is 0 Å². The summed E-state index contributed by atoms with van der Waals surface area (Å²) >= 11 is 1.57. The van der Waals surface area contributed by atoms with Gasteiger partial charge in [-0.3, -0.25) is 0 Å². The van der Waals surface area contributed by atoms with Crippen molar-refractivity contribution in [1.82, 2.24) is 13.9 Å². The lowest BCUT2D eigenvalue weighted by molar-refractivity contribution is 0.303. The molecule has 0 spiro atoms. The van der Waals surface area contributed by atoms with Crippen LogP contribution in [0.1, 0.15) is 23.8 Å². The van der Waals surface area contributed by atoms with Crippen LogP contribution in [0.2, 0.25) is 0 Å². The van der Waals surface area contributed by atoms with Gasteiger partial charge in [0.2, 0.25) is 20.0 Å². The van der Waals surface area contributed by atoms with Gasteiger partial charge >= 0.3 is 0 Å². The van der Waals surface area contributed by atoms with Gasteiger partial charge in [0.05, 0.1) is 15.8 Å². The molecular weight excluding hydrogens is 418 g/mol. The summed E-state index contributed by atoms with van der Waals surface area (Å²) in [5, 5.41) is 1.96. The van der Waals surface area contributed by atoms with Crippen LogP contribution in [0.4, 0.5) is 0 Å². The van der Waals surface area contributed by atoms with Gasteiger partial charge in [-0.2, -0.15) is 4.31 Å². The van der Waals surface area contributed by atoms with Gasteiger partial charge in [0.1, 0.15) is 0 Å². The Morgan fingerprint density at radius 3 is 2.18 bits per heavy atom. The molecule has 154 valence electrons. The number of nitrogens with one attached hydrogen (secondary N) is 1. The highest BCUT2D eigenvalue weighted by atomic mass is 32.2. The van der Waals surface area contributed by atoms with E-state index in [1.54, 1.807) is 11.3 Å². The number of hydrogen-bond acceptors (Lipinski definition) is 6. The molecular formula is C18H25N3O4S3. The summed E-state index contributed by atoms with van der Waals surface area (Å²) < 4.78 is 54.5.